The van der Waals surface area contributed by atoms with Gasteiger partial charge in [-0.05, 0) is 43.9 Å². The van der Waals surface area contributed by atoms with Crippen LogP contribution in [0.4, 0.5) is 0 Å². The molecule has 1 fully saturated rings. The molecular formula is C16H22ClNO2. The average Bonchev–Trinajstić information content (AvgIpc) is 2.41. The summed E-state index contributed by atoms with van der Waals surface area (Å²) in [6.07, 6.45) is 2.94. The van der Waals surface area contributed by atoms with Gasteiger partial charge in [-0.15, -0.1) is 0 Å². The lowest BCUT2D eigenvalue weighted by Gasteiger charge is -2.37. The molecule has 0 amide bonds. The van der Waals surface area contributed by atoms with E-state index < -0.39 is 5.60 Å². The second-order valence-electron chi connectivity index (χ2n) is 5.56. The van der Waals surface area contributed by atoms with Crippen molar-refractivity contribution >= 4 is 11.6 Å². The van der Waals surface area contributed by atoms with E-state index in [9.17, 15) is 5.11 Å². The van der Waals surface area contributed by atoms with Gasteiger partial charge in [0.2, 0.25) is 0 Å². The summed E-state index contributed by atoms with van der Waals surface area (Å²) in [6.45, 7) is 6.65. The van der Waals surface area contributed by atoms with Gasteiger partial charge >= 0.3 is 0 Å². The van der Waals surface area contributed by atoms with Gasteiger partial charge in [0, 0.05) is 17.6 Å². The Bertz CT molecular complexity index is 454. The maximum absolute atomic E-state index is 10.1. The second-order valence-corrected chi connectivity index (χ2v) is 6.09. The van der Waals surface area contributed by atoms with Crippen molar-refractivity contribution in [3.8, 4) is 5.75 Å². The van der Waals surface area contributed by atoms with Crippen molar-refractivity contribution in [3.05, 3.63) is 41.4 Å². The Hall–Kier alpha value is -1.03. The molecule has 2 rings (SSSR count). The first kappa shape index (κ1) is 15.4. The third-order valence-corrected chi connectivity index (χ3v) is 3.91. The first-order chi connectivity index (χ1) is 9.48. The third kappa shape index (κ3) is 4.23. The van der Waals surface area contributed by atoms with Gasteiger partial charge in [-0.2, -0.15) is 0 Å². The summed E-state index contributed by atoms with van der Waals surface area (Å²) < 4.78 is 5.45. The van der Waals surface area contributed by atoms with Gasteiger partial charge in [-0.1, -0.05) is 30.3 Å². The fourth-order valence-corrected chi connectivity index (χ4v) is 2.29. The number of nitrogens with one attached hydrogen (secondary N) is 1. The summed E-state index contributed by atoms with van der Waals surface area (Å²) in [5, 5.41) is 13.9. The van der Waals surface area contributed by atoms with Gasteiger partial charge in [0.05, 0.1) is 5.60 Å². The molecule has 0 aliphatic heterocycles. The van der Waals surface area contributed by atoms with E-state index in [1.54, 1.807) is 0 Å². The van der Waals surface area contributed by atoms with E-state index in [4.69, 9.17) is 16.3 Å². The van der Waals surface area contributed by atoms with Crippen LogP contribution < -0.4 is 10.1 Å². The van der Waals surface area contributed by atoms with E-state index in [-0.39, 0.29) is 6.04 Å². The van der Waals surface area contributed by atoms with E-state index in [2.05, 4.69) is 18.8 Å². The number of ether oxygens (including phenoxy) is 1. The molecule has 4 heteroatoms. The van der Waals surface area contributed by atoms with Crippen molar-refractivity contribution < 1.29 is 9.84 Å². The molecular weight excluding hydrogens is 274 g/mol. The molecule has 0 saturated heterocycles. The van der Waals surface area contributed by atoms with E-state index >= 15 is 0 Å². The molecule has 20 heavy (non-hydrogen) atoms. The Labute approximate surface area is 125 Å². The molecule has 1 aromatic rings. The first-order valence-electron chi connectivity index (χ1n) is 7.00. The number of hydrogen-bond acceptors (Lipinski definition) is 3. The van der Waals surface area contributed by atoms with Gasteiger partial charge in [0.25, 0.3) is 0 Å². The molecule has 1 unspecified atom stereocenters. The predicted molar refractivity (Wildman–Crippen MR) is 82.1 cm³/mol. The zero-order valence-electron chi connectivity index (χ0n) is 11.9. The lowest BCUT2D eigenvalue weighted by atomic mass is 9.80. The van der Waals surface area contributed by atoms with Crippen molar-refractivity contribution in [1.29, 1.82) is 0 Å². The van der Waals surface area contributed by atoms with Crippen LogP contribution in [0.1, 0.15) is 37.8 Å². The highest BCUT2D eigenvalue weighted by molar-refractivity contribution is 6.29. The van der Waals surface area contributed by atoms with Gasteiger partial charge in [-0.3, -0.25) is 0 Å². The first-order valence-corrected chi connectivity index (χ1v) is 7.38. The van der Waals surface area contributed by atoms with Gasteiger partial charge < -0.3 is 15.2 Å². The number of benzene rings is 1. The fourth-order valence-electron chi connectivity index (χ4n) is 2.24. The molecule has 1 aliphatic rings. The number of hydrogen-bond donors (Lipinski definition) is 2. The molecule has 0 spiro atoms. The van der Waals surface area contributed by atoms with E-state index in [1.165, 1.54) is 5.56 Å². The monoisotopic (exact) mass is 295 g/mol. The van der Waals surface area contributed by atoms with Gasteiger partial charge in [0.1, 0.15) is 12.4 Å². The van der Waals surface area contributed by atoms with E-state index in [0.29, 0.717) is 18.2 Å². The molecule has 0 aromatic heterocycles. The largest absolute Gasteiger partial charge is 0.488 e. The smallest absolute Gasteiger partial charge is 0.123 e. The van der Waals surface area contributed by atoms with Crippen LogP contribution in [0.25, 0.3) is 0 Å². The molecule has 1 aliphatic carbocycles. The Balaban J connectivity index is 1.83. The van der Waals surface area contributed by atoms with Crippen LogP contribution in [0.3, 0.4) is 0 Å². The lowest BCUT2D eigenvalue weighted by Crippen LogP contribution is -2.46. The third-order valence-electron chi connectivity index (χ3n) is 3.80. The van der Waals surface area contributed by atoms with E-state index in [0.717, 1.165) is 25.0 Å². The molecule has 3 nitrogen and oxygen atoms in total. The molecule has 1 aromatic carbocycles. The molecule has 0 bridgehead atoms. The summed E-state index contributed by atoms with van der Waals surface area (Å²) in [4.78, 5) is 0. The Morgan fingerprint density at radius 3 is 2.60 bits per heavy atom. The minimum absolute atomic E-state index is 0.205. The summed E-state index contributed by atoms with van der Waals surface area (Å²) in [7, 11) is 0. The minimum Gasteiger partial charge on any atom is -0.488 e. The van der Waals surface area contributed by atoms with Crippen molar-refractivity contribution in [2.24, 2.45) is 0 Å². The van der Waals surface area contributed by atoms with Crippen molar-refractivity contribution in [2.75, 3.05) is 13.2 Å². The second kappa shape index (κ2) is 6.61. The predicted octanol–water partition coefficient (Wildman–Crippen LogP) is 3.38. The molecule has 110 valence electrons. The van der Waals surface area contributed by atoms with Crippen LogP contribution in [-0.2, 0) is 0 Å². The Morgan fingerprint density at radius 2 is 2.10 bits per heavy atom. The number of rotatable bonds is 7. The van der Waals surface area contributed by atoms with Crippen LogP contribution >= 0.6 is 11.6 Å². The highest BCUT2D eigenvalue weighted by Gasteiger charge is 2.34. The fraction of sp³-hybridized carbons (Fsp3) is 0.500. The molecule has 2 N–H and O–H groups in total. The van der Waals surface area contributed by atoms with Crippen LogP contribution in [0.2, 0.25) is 0 Å². The maximum atomic E-state index is 10.1. The molecule has 0 heterocycles. The topological polar surface area (TPSA) is 41.5 Å². The summed E-state index contributed by atoms with van der Waals surface area (Å²) in [5.41, 5.74) is 0.683. The number of halogens is 1. The van der Waals surface area contributed by atoms with Crippen LogP contribution in [0, 0.1) is 0 Å². The van der Waals surface area contributed by atoms with Gasteiger partial charge in [-0.25, -0.2) is 0 Å². The summed E-state index contributed by atoms with van der Waals surface area (Å²) in [5.74, 6) is 0.778. The maximum Gasteiger partial charge on any atom is 0.123 e. The van der Waals surface area contributed by atoms with Crippen LogP contribution in [0.5, 0.6) is 5.75 Å². The highest BCUT2D eigenvalue weighted by Crippen LogP contribution is 2.31. The number of aliphatic hydroxyl groups is 1. The SMILES string of the molecule is C=C(Cl)COc1ccc(C(C)NCC2(O)CCC2)cc1. The lowest BCUT2D eigenvalue weighted by molar-refractivity contribution is -0.0329. The van der Waals surface area contributed by atoms with Crippen LogP contribution in [0.15, 0.2) is 35.9 Å². The minimum atomic E-state index is -0.488. The summed E-state index contributed by atoms with van der Waals surface area (Å²) >= 11 is 5.66. The quantitative estimate of drug-likeness (QED) is 0.810. The highest BCUT2D eigenvalue weighted by atomic mass is 35.5. The normalized spacial score (nSPS) is 18.1. The Morgan fingerprint density at radius 1 is 1.45 bits per heavy atom. The van der Waals surface area contributed by atoms with Gasteiger partial charge in [0.15, 0.2) is 0 Å². The van der Waals surface area contributed by atoms with Crippen molar-refractivity contribution in [2.45, 2.75) is 37.8 Å². The standard InChI is InChI=1S/C16H22ClNO2/c1-12(17)10-20-15-6-4-14(5-7-15)13(2)18-11-16(19)8-3-9-16/h4-7,13,18-19H,1,3,8-11H2,2H3. The van der Waals surface area contributed by atoms with Crippen molar-refractivity contribution in [1.82, 2.24) is 5.32 Å². The average molecular weight is 296 g/mol. The zero-order chi connectivity index (χ0) is 14.6. The van der Waals surface area contributed by atoms with Crippen molar-refractivity contribution in [3.63, 3.8) is 0 Å². The van der Waals surface area contributed by atoms with Crippen LogP contribution in [-0.4, -0.2) is 23.9 Å². The zero-order valence-corrected chi connectivity index (χ0v) is 12.6. The molecule has 0 radical (unpaired) electrons. The van der Waals surface area contributed by atoms with E-state index in [1.807, 2.05) is 24.3 Å². The molecule has 1 atom stereocenters. The molecule has 1 saturated carbocycles. The Kier molecular flexibility index (Phi) is 5.08. The summed E-state index contributed by atoms with van der Waals surface area (Å²) in [6, 6.07) is 8.09.